The average Bonchev–Trinajstić information content (AvgIpc) is 3.32. The average molecular weight is 418 g/mol. The summed E-state index contributed by atoms with van der Waals surface area (Å²) in [5, 5.41) is 5.84. The summed E-state index contributed by atoms with van der Waals surface area (Å²) in [6.45, 7) is 5.31. The standard InChI is InChI=1S/C20H20ClN3O3S/c1-19-6-7-25-20(19,2)16(10-26-19)27-15-4-3-12(9-13(15)21)24-18-17-14(5-8-28-17)22-11-23-18/h3-5,8-9,11,16H,6-7,10H2,1-2H3,(H,22,23,24)/t16-,19+,20+/m0/s1. The van der Waals surface area contributed by atoms with Crippen LogP contribution in [0.3, 0.4) is 0 Å². The lowest BCUT2D eigenvalue weighted by molar-refractivity contribution is -0.0881. The second kappa shape index (κ2) is 6.56. The summed E-state index contributed by atoms with van der Waals surface area (Å²) >= 11 is 8.11. The van der Waals surface area contributed by atoms with Gasteiger partial charge in [0.1, 0.15) is 23.3 Å². The minimum Gasteiger partial charge on any atom is -0.483 e. The molecule has 5 rings (SSSR count). The van der Waals surface area contributed by atoms with Gasteiger partial charge in [-0.1, -0.05) is 11.6 Å². The van der Waals surface area contributed by atoms with Crippen LogP contribution in [0, 0.1) is 0 Å². The van der Waals surface area contributed by atoms with Gasteiger partial charge in [0.25, 0.3) is 0 Å². The number of ether oxygens (including phenoxy) is 3. The molecular weight excluding hydrogens is 398 g/mol. The van der Waals surface area contributed by atoms with Crippen LogP contribution in [-0.4, -0.2) is 40.5 Å². The Morgan fingerprint density at radius 2 is 2.14 bits per heavy atom. The van der Waals surface area contributed by atoms with E-state index in [1.807, 2.05) is 29.6 Å². The molecule has 3 atom stereocenters. The molecule has 2 fully saturated rings. The molecule has 8 heteroatoms. The fraction of sp³-hybridized carbons (Fsp3) is 0.400. The van der Waals surface area contributed by atoms with Crippen LogP contribution in [0.15, 0.2) is 36.0 Å². The van der Waals surface area contributed by atoms with Crippen molar-refractivity contribution in [2.45, 2.75) is 37.6 Å². The molecule has 146 valence electrons. The van der Waals surface area contributed by atoms with E-state index in [4.69, 9.17) is 25.8 Å². The van der Waals surface area contributed by atoms with Crippen molar-refractivity contribution in [3.63, 3.8) is 0 Å². The van der Waals surface area contributed by atoms with Gasteiger partial charge in [-0.25, -0.2) is 9.97 Å². The summed E-state index contributed by atoms with van der Waals surface area (Å²) in [5.41, 5.74) is 0.966. The van der Waals surface area contributed by atoms with Gasteiger partial charge in [0.2, 0.25) is 0 Å². The van der Waals surface area contributed by atoms with Gasteiger partial charge in [-0.2, -0.15) is 0 Å². The van der Waals surface area contributed by atoms with E-state index in [1.54, 1.807) is 17.7 Å². The molecule has 2 saturated heterocycles. The summed E-state index contributed by atoms with van der Waals surface area (Å²) < 4.78 is 19.2. The van der Waals surface area contributed by atoms with E-state index in [-0.39, 0.29) is 11.7 Å². The maximum absolute atomic E-state index is 6.52. The van der Waals surface area contributed by atoms with Crippen molar-refractivity contribution in [1.82, 2.24) is 9.97 Å². The zero-order chi connectivity index (χ0) is 19.4. The van der Waals surface area contributed by atoms with Crippen LogP contribution >= 0.6 is 22.9 Å². The van der Waals surface area contributed by atoms with Gasteiger partial charge in [0.05, 0.1) is 28.5 Å². The summed E-state index contributed by atoms with van der Waals surface area (Å²) in [4.78, 5) is 8.60. The van der Waals surface area contributed by atoms with Crippen molar-refractivity contribution in [2.24, 2.45) is 0 Å². The molecule has 2 aromatic heterocycles. The lowest BCUT2D eigenvalue weighted by Crippen LogP contribution is -2.51. The fourth-order valence-electron chi connectivity index (χ4n) is 3.91. The molecule has 1 N–H and O–H groups in total. The van der Waals surface area contributed by atoms with Crippen LogP contribution in [0.5, 0.6) is 5.75 Å². The molecule has 0 unspecified atom stereocenters. The van der Waals surface area contributed by atoms with E-state index < -0.39 is 5.60 Å². The van der Waals surface area contributed by atoms with E-state index in [0.717, 1.165) is 28.1 Å². The molecule has 0 aliphatic carbocycles. The van der Waals surface area contributed by atoms with Gasteiger partial charge in [0.15, 0.2) is 11.9 Å². The van der Waals surface area contributed by atoms with Gasteiger partial charge in [0, 0.05) is 12.1 Å². The smallest absolute Gasteiger partial charge is 0.153 e. The highest BCUT2D eigenvalue weighted by atomic mass is 35.5. The summed E-state index contributed by atoms with van der Waals surface area (Å²) in [7, 11) is 0. The molecule has 0 amide bonds. The van der Waals surface area contributed by atoms with E-state index in [1.165, 1.54) is 0 Å². The SMILES string of the molecule is C[C@@]12CCO[C@]1(C)[C@@H](Oc1ccc(Nc3ncnc4ccsc34)cc1Cl)CO2. The zero-order valence-electron chi connectivity index (χ0n) is 15.6. The molecule has 3 aromatic rings. The molecule has 0 saturated carbocycles. The Kier molecular flexibility index (Phi) is 4.24. The van der Waals surface area contributed by atoms with Crippen molar-refractivity contribution in [1.29, 1.82) is 0 Å². The third-order valence-corrected chi connectivity index (χ3v) is 7.11. The normalized spacial score (nSPS) is 29.2. The number of nitrogens with zero attached hydrogens (tertiary/aromatic N) is 2. The van der Waals surface area contributed by atoms with E-state index in [2.05, 4.69) is 29.1 Å². The molecule has 2 aliphatic heterocycles. The Morgan fingerprint density at radius 1 is 1.25 bits per heavy atom. The summed E-state index contributed by atoms with van der Waals surface area (Å²) in [5.74, 6) is 1.38. The zero-order valence-corrected chi connectivity index (χ0v) is 17.1. The Labute approximate surface area is 171 Å². The number of anilines is 2. The van der Waals surface area contributed by atoms with E-state index in [9.17, 15) is 0 Å². The second-order valence-electron chi connectivity index (χ2n) is 7.48. The lowest BCUT2D eigenvalue weighted by Gasteiger charge is -2.34. The number of fused-ring (bicyclic) bond motifs is 2. The first-order chi connectivity index (χ1) is 13.5. The monoisotopic (exact) mass is 417 g/mol. The maximum atomic E-state index is 6.52. The number of hydrogen-bond acceptors (Lipinski definition) is 7. The molecular formula is C20H20ClN3O3S. The van der Waals surface area contributed by atoms with Gasteiger partial charge in [-0.15, -0.1) is 11.3 Å². The maximum Gasteiger partial charge on any atom is 0.153 e. The van der Waals surface area contributed by atoms with Crippen LogP contribution in [-0.2, 0) is 9.47 Å². The number of benzene rings is 1. The first kappa shape index (κ1) is 18.1. The first-order valence-electron chi connectivity index (χ1n) is 9.18. The minimum atomic E-state index is -0.473. The number of thiophene rings is 1. The number of nitrogens with one attached hydrogen (secondary N) is 1. The topological polar surface area (TPSA) is 65.5 Å². The third-order valence-electron chi connectivity index (χ3n) is 5.91. The van der Waals surface area contributed by atoms with Gasteiger partial charge < -0.3 is 19.5 Å². The quantitative estimate of drug-likeness (QED) is 0.657. The molecule has 0 radical (unpaired) electrons. The molecule has 2 aliphatic rings. The van der Waals surface area contributed by atoms with Gasteiger partial charge in [-0.3, -0.25) is 0 Å². The molecule has 1 aromatic carbocycles. The largest absolute Gasteiger partial charge is 0.483 e. The highest BCUT2D eigenvalue weighted by molar-refractivity contribution is 7.17. The third kappa shape index (κ3) is 2.76. The number of halogens is 1. The Bertz CT molecular complexity index is 1040. The second-order valence-corrected chi connectivity index (χ2v) is 8.80. The van der Waals surface area contributed by atoms with Gasteiger partial charge in [-0.05, 0) is 43.5 Å². The van der Waals surface area contributed by atoms with Crippen molar-refractivity contribution >= 4 is 44.7 Å². The van der Waals surface area contributed by atoms with Gasteiger partial charge >= 0.3 is 0 Å². The number of aromatic nitrogens is 2. The number of rotatable bonds is 4. The molecule has 6 nitrogen and oxygen atoms in total. The first-order valence-corrected chi connectivity index (χ1v) is 10.4. The van der Waals surface area contributed by atoms with Crippen molar-refractivity contribution in [3.05, 3.63) is 41.0 Å². The molecule has 28 heavy (non-hydrogen) atoms. The minimum absolute atomic E-state index is 0.205. The van der Waals surface area contributed by atoms with Crippen LogP contribution in [0.2, 0.25) is 5.02 Å². The summed E-state index contributed by atoms with van der Waals surface area (Å²) in [6, 6.07) is 7.60. The predicted octanol–water partition coefficient (Wildman–Crippen LogP) is 4.80. The highest BCUT2D eigenvalue weighted by Crippen LogP contribution is 2.47. The Hall–Kier alpha value is -1.93. The Balaban J connectivity index is 1.36. The highest BCUT2D eigenvalue weighted by Gasteiger charge is 2.62. The van der Waals surface area contributed by atoms with Crippen molar-refractivity contribution in [3.8, 4) is 5.75 Å². The fourth-order valence-corrected chi connectivity index (χ4v) is 4.93. The molecule has 4 heterocycles. The van der Waals surface area contributed by atoms with E-state index >= 15 is 0 Å². The Morgan fingerprint density at radius 3 is 3.00 bits per heavy atom. The van der Waals surface area contributed by atoms with Crippen molar-refractivity contribution < 1.29 is 14.2 Å². The number of hydrogen-bond donors (Lipinski definition) is 1. The predicted molar refractivity (Wildman–Crippen MR) is 110 cm³/mol. The van der Waals surface area contributed by atoms with Crippen LogP contribution in [0.1, 0.15) is 20.3 Å². The van der Waals surface area contributed by atoms with E-state index in [0.29, 0.717) is 24.0 Å². The van der Waals surface area contributed by atoms with Crippen LogP contribution in [0.25, 0.3) is 10.2 Å². The summed E-state index contributed by atoms with van der Waals surface area (Å²) in [6.07, 6.45) is 2.22. The van der Waals surface area contributed by atoms with Crippen LogP contribution in [0.4, 0.5) is 11.5 Å². The molecule has 0 bridgehead atoms. The van der Waals surface area contributed by atoms with Crippen molar-refractivity contribution in [2.75, 3.05) is 18.5 Å². The lowest BCUT2D eigenvalue weighted by atomic mass is 9.84. The van der Waals surface area contributed by atoms with Crippen LogP contribution < -0.4 is 10.1 Å². The molecule has 0 spiro atoms.